The molecule has 3 aromatic rings. The summed E-state index contributed by atoms with van der Waals surface area (Å²) >= 11 is 6.28. The van der Waals surface area contributed by atoms with Crippen LogP contribution in [-0.2, 0) is 9.53 Å². The molecule has 30 heavy (non-hydrogen) atoms. The number of hydrogen-bond donors (Lipinski definition) is 0. The van der Waals surface area contributed by atoms with Crippen LogP contribution in [0.4, 0.5) is 0 Å². The predicted octanol–water partition coefficient (Wildman–Crippen LogP) is 3.04. The smallest absolute Gasteiger partial charge is 0.304 e. The molecule has 8 nitrogen and oxygen atoms in total. The number of aromatic nitrogens is 3. The van der Waals surface area contributed by atoms with Crippen molar-refractivity contribution in [1.82, 2.24) is 19.7 Å². The number of halogens is 1. The van der Waals surface area contributed by atoms with Gasteiger partial charge in [0.2, 0.25) is 5.82 Å². The van der Waals surface area contributed by atoms with E-state index >= 15 is 0 Å². The van der Waals surface area contributed by atoms with Crippen LogP contribution in [0.1, 0.15) is 40.7 Å². The topological polar surface area (TPSA) is 89.7 Å². The number of ether oxygens (including phenoxy) is 1. The van der Waals surface area contributed by atoms with Crippen LogP contribution in [0.5, 0.6) is 0 Å². The number of benzene rings is 2. The molecule has 4 rings (SSSR count). The van der Waals surface area contributed by atoms with Crippen LogP contribution in [0.15, 0.2) is 53.5 Å². The average Bonchev–Trinajstić information content (AvgIpc) is 3.11. The van der Waals surface area contributed by atoms with Crippen molar-refractivity contribution in [3.63, 3.8) is 0 Å². The fourth-order valence-corrected chi connectivity index (χ4v) is 3.31. The van der Waals surface area contributed by atoms with Crippen LogP contribution < -0.4 is 0 Å². The van der Waals surface area contributed by atoms with Gasteiger partial charge in [-0.2, -0.15) is 0 Å². The largest absolute Gasteiger partial charge is 0.432 e. The molecule has 2 heterocycles. The minimum absolute atomic E-state index is 0.0218. The van der Waals surface area contributed by atoms with Gasteiger partial charge in [0, 0.05) is 37.2 Å². The Hall–Kier alpha value is -3.52. The number of carbonyl (C=O) groups is 2. The molecule has 0 bridgehead atoms. The van der Waals surface area contributed by atoms with Crippen molar-refractivity contribution >= 4 is 29.2 Å². The molecule has 0 spiro atoms. The zero-order valence-electron chi connectivity index (χ0n) is 16.5. The Bertz CT molecular complexity index is 1170. The van der Waals surface area contributed by atoms with Crippen LogP contribution in [0, 0.1) is 0 Å². The summed E-state index contributed by atoms with van der Waals surface area (Å²) < 4.78 is 6.94. The van der Waals surface area contributed by atoms with Crippen molar-refractivity contribution in [2.75, 3.05) is 14.1 Å². The van der Waals surface area contributed by atoms with Gasteiger partial charge < -0.3 is 9.64 Å². The third kappa shape index (κ3) is 3.57. The lowest BCUT2D eigenvalue weighted by Gasteiger charge is -2.12. The molecule has 0 saturated heterocycles. The second-order valence-corrected chi connectivity index (χ2v) is 7.31. The maximum atomic E-state index is 12.5. The summed E-state index contributed by atoms with van der Waals surface area (Å²) in [6.45, 7) is 1.29. The van der Waals surface area contributed by atoms with Gasteiger partial charge in [-0.15, -0.1) is 5.10 Å². The van der Waals surface area contributed by atoms with E-state index in [1.54, 1.807) is 32.3 Å². The summed E-state index contributed by atoms with van der Waals surface area (Å²) in [6.07, 6.45) is -1.08. The number of fused-ring (bicyclic) bond motifs is 3. The molecule has 1 aromatic heterocycles. The van der Waals surface area contributed by atoms with Crippen LogP contribution in [0.2, 0.25) is 5.02 Å². The molecule has 9 heteroatoms. The fraction of sp³-hybridized carbons (Fsp3) is 0.190. The van der Waals surface area contributed by atoms with Gasteiger partial charge in [0.15, 0.2) is 5.82 Å². The van der Waals surface area contributed by atoms with Gasteiger partial charge >= 0.3 is 5.97 Å². The number of nitrogens with zero attached hydrogens (tertiary/aromatic N) is 5. The van der Waals surface area contributed by atoms with E-state index < -0.39 is 12.2 Å². The number of hydrogen-bond acceptors (Lipinski definition) is 6. The van der Waals surface area contributed by atoms with Gasteiger partial charge in [0.05, 0.1) is 11.4 Å². The van der Waals surface area contributed by atoms with Crippen molar-refractivity contribution in [3.05, 3.63) is 76.3 Å². The molecule has 1 aliphatic heterocycles. The minimum Gasteiger partial charge on any atom is -0.432 e. The maximum absolute atomic E-state index is 12.5. The first-order valence-electron chi connectivity index (χ1n) is 9.14. The molecule has 0 fully saturated rings. The minimum atomic E-state index is -1.08. The summed E-state index contributed by atoms with van der Waals surface area (Å²) in [5.74, 6) is -0.702. The lowest BCUT2D eigenvalue weighted by molar-refractivity contribution is -0.146. The van der Waals surface area contributed by atoms with Crippen molar-refractivity contribution < 1.29 is 14.3 Å². The van der Waals surface area contributed by atoms with Gasteiger partial charge in [-0.1, -0.05) is 41.9 Å². The number of rotatable bonds is 3. The first-order chi connectivity index (χ1) is 14.3. The molecule has 1 unspecified atom stereocenters. The Balaban J connectivity index is 2.00. The lowest BCUT2D eigenvalue weighted by atomic mass is 10.0. The summed E-state index contributed by atoms with van der Waals surface area (Å²) in [5, 5.41) is 4.90. The number of carbonyl (C=O) groups excluding carboxylic acids is 2. The molecule has 2 aromatic carbocycles. The molecule has 1 amide bonds. The van der Waals surface area contributed by atoms with E-state index in [1.807, 2.05) is 30.3 Å². The first kappa shape index (κ1) is 19.8. The highest BCUT2D eigenvalue weighted by Gasteiger charge is 2.31. The Labute approximate surface area is 177 Å². The highest BCUT2D eigenvalue weighted by molar-refractivity contribution is 6.31. The quantitative estimate of drug-likeness (QED) is 0.604. The van der Waals surface area contributed by atoms with E-state index in [0.717, 1.165) is 5.56 Å². The summed E-state index contributed by atoms with van der Waals surface area (Å²) in [4.78, 5) is 34.7. The normalized spacial score (nSPS) is 14.8. The second-order valence-electron chi connectivity index (χ2n) is 6.87. The van der Waals surface area contributed by atoms with Gasteiger partial charge in [-0.25, -0.2) is 14.7 Å². The highest BCUT2D eigenvalue weighted by atomic mass is 35.5. The summed E-state index contributed by atoms with van der Waals surface area (Å²) in [6, 6.07) is 14.7. The maximum Gasteiger partial charge on any atom is 0.304 e. The molecule has 0 radical (unpaired) electrons. The Morgan fingerprint density at radius 3 is 2.53 bits per heavy atom. The van der Waals surface area contributed by atoms with Crippen LogP contribution in [0.3, 0.4) is 0 Å². The molecule has 0 N–H and O–H groups in total. The SMILES string of the molecule is CC(=O)OC1N=C(c2ccccc2)c2cc(Cl)ccc2-n2nc(C(=O)N(C)C)nc21. The van der Waals surface area contributed by atoms with Crippen molar-refractivity contribution in [1.29, 1.82) is 0 Å². The van der Waals surface area contributed by atoms with E-state index in [4.69, 9.17) is 21.3 Å². The standard InChI is InChI=1S/C21H18ClN5O3/c1-12(28)30-20-19-24-18(21(29)26(2)3)25-27(19)16-10-9-14(22)11-15(16)17(23-20)13-7-5-4-6-8-13/h4-11,20H,1-3H3. The molecule has 0 aliphatic carbocycles. The van der Waals surface area contributed by atoms with E-state index in [1.165, 1.54) is 16.5 Å². The Kier molecular flexibility index (Phi) is 5.09. The van der Waals surface area contributed by atoms with E-state index in [2.05, 4.69) is 10.1 Å². The Morgan fingerprint density at radius 1 is 1.13 bits per heavy atom. The van der Waals surface area contributed by atoms with Gasteiger partial charge in [-0.05, 0) is 18.2 Å². The van der Waals surface area contributed by atoms with Gasteiger partial charge in [-0.3, -0.25) is 9.59 Å². The second kappa shape index (κ2) is 7.72. The molecule has 1 aliphatic rings. The van der Waals surface area contributed by atoms with Crippen molar-refractivity contribution in [2.24, 2.45) is 4.99 Å². The monoisotopic (exact) mass is 423 g/mol. The van der Waals surface area contributed by atoms with Crippen LogP contribution in [-0.4, -0.2) is 51.3 Å². The predicted molar refractivity (Wildman–Crippen MR) is 111 cm³/mol. The zero-order valence-corrected chi connectivity index (χ0v) is 17.3. The van der Waals surface area contributed by atoms with Crippen molar-refractivity contribution in [3.8, 4) is 5.69 Å². The summed E-state index contributed by atoms with van der Waals surface area (Å²) in [7, 11) is 3.22. The summed E-state index contributed by atoms with van der Waals surface area (Å²) in [5.41, 5.74) is 2.69. The van der Waals surface area contributed by atoms with Crippen molar-refractivity contribution in [2.45, 2.75) is 13.2 Å². The highest BCUT2D eigenvalue weighted by Crippen LogP contribution is 2.32. The van der Waals surface area contributed by atoms with Gasteiger partial charge in [0.25, 0.3) is 12.1 Å². The molecular weight excluding hydrogens is 406 g/mol. The molecule has 152 valence electrons. The third-order valence-corrected chi connectivity index (χ3v) is 4.70. The average molecular weight is 424 g/mol. The number of amides is 1. The first-order valence-corrected chi connectivity index (χ1v) is 9.52. The Morgan fingerprint density at radius 2 is 1.87 bits per heavy atom. The third-order valence-electron chi connectivity index (χ3n) is 4.46. The number of esters is 1. The molecule has 0 saturated carbocycles. The van der Waals surface area contributed by atoms with Crippen LogP contribution >= 0.6 is 11.6 Å². The van der Waals surface area contributed by atoms with E-state index in [0.29, 0.717) is 22.0 Å². The fourth-order valence-electron chi connectivity index (χ4n) is 3.14. The van der Waals surface area contributed by atoms with E-state index in [9.17, 15) is 9.59 Å². The lowest BCUT2D eigenvalue weighted by Crippen LogP contribution is -2.23. The van der Waals surface area contributed by atoms with Crippen LogP contribution in [0.25, 0.3) is 5.69 Å². The zero-order chi connectivity index (χ0) is 21.4. The van der Waals surface area contributed by atoms with Gasteiger partial charge in [0.1, 0.15) is 0 Å². The molecular formula is C21H18ClN5O3. The number of aliphatic imine (C=N–C) groups is 1. The van der Waals surface area contributed by atoms with E-state index in [-0.39, 0.29) is 17.6 Å². The molecule has 1 atom stereocenters.